The maximum Gasteiger partial charge on any atom is 0.264 e. The van der Waals surface area contributed by atoms with Gasteiger partial charge in [-0.05, 0) is 81.1 Å². The summed E-state index contributed by atoms with van der Waals surface area (Å²) in [5.74, 6) is -0.416. The molecule has 2 amide bonds. The highest BCUT2D eigenvalue weighted by atomic mass is 16.5. The number of benzene rings is 2. The number of amides is 2. The van der Waals surface area contributed by atoms with Crippen LogP contribution in [0, 0.1) is 5.92 Å². The van der Waals surface area contributed by atoms with Crippen molar-refractivity contribution in [2.75, 3.05) is 43.2 Å². The van der Waals surface area contributed by atoms with E-state index in [1.54, 1.807) is 35.0 Å². The molecule has 1 unspecified atom stereocenters. The minimum atomic E-state index is -1.83. The second-order valence-corrected chi connectivity index (χ2v) is 11.8. The fourth-order valence-electron chi connectivity index (χ4n) is 6.23. The number of ether oxygens (including phenoxy) is 1. The summed E-state index contributed by atoms with van der Waals surface area (Å²) in [4.78, 5) is 30.7. The topological polar surface area (TPSA) is 153 Å². The van der Waals surface area contributed by atoms with E-state index < -0.39 is 23.5 Å². The highest BCUT2D eigenvalue weighted by Crippen LogP contribution is 2.47. The van der Waals surface area contributed by atoms with Crippen molar-refractivity contribution in [3.8, 4) is 5.75 Å². The predicted molar refractivity (Wildman–Crippen MR) is 174 cm³/mol. The molecule has 2 aromatic carbocycles. The summed E-state index contributed by atoms with van der Waals surface area (Å²) in [6.45, 7) is 5.50. The van der Waals surface area contributed by atoms with E-state index in [1.807, 2.05) is 50.3 Å². The number of nitrogens with one attached hydrogen (secondary N) is 1. The van der Waals surface area contributed by atoms with Crippen LogP contribution in [-0.2, 0) is 34.6 Å². The van der Waals surface area contributed by atoms with E-state index in [4.69, 9.17) is 9.84 Å². The molecule has 12 heteroatoms. The molecule has 0 fully saturated rings. The van der Waals surface area contributed by atoms with Crippen molar-refractivity contribution >= 4 is 28.9 Å². The largest absolute Gasteiger partial charge is 0.494 e. The summed E-state index contributed by atoms with van der Waals surface area (Å²) in [5, 5.41) is 41.8. The van der Waals surface area contributed by atoms with Crippen LogP contribution < -0.4 is 19.9 Å². The third kappa shape index (κ3) is 6.57. The molecule has 4 N–H and O–H groups in total. The summed E-state index contributed by atoms with van der Waals surface area (Å²) >= 11 is 0. The summed E-state index contributed by atoms with van der Waals surface area (Å²) in [5.41, 5.74) is 2.14. The molecule has 2 aliphatic heterocycles. The minimum Gasteiger partial charge on any atom is -0.494 e. The summed E-state index contributed by atoms with van der Waals surface area (Å²) in [6.07, 6.45) is 8.46. The number of carbonyl (C=O) groups is 2. The van der Waals surface area contributed by atoms with Gasteiger partial charge in [-0.2, -0.15) is 0 Å². The average Bonchev–Trinajstić information content (AvgIpc) is 3.58. The van der Waals surface area contributed by atoms with Crippen molar-refractivity contribution in [2.45, 2.75) is 64.1 Å². The lowest BCUT2D eigenvalue weighted by Gasteiger charge is -2.35. The van der Waals surface area contributed by atoms with E-state index in [1.165, 1.54) is 4.90 Å². The maximum absolute atomic E-state index is 14.0. The van der Waals surface area contributed by atoms with Crippen LogP contribution in [0.5, 0.6) is 5.75 Å². The molecule has 0 aliphatic carbocycles. The Balaban J connectivity index is 1.43. The average molecular weight is 633 g/mol. The number of allylic oxidation sites excluding steroid dienone is 1. The summed E-state index contributed by atoms with van der Waals surface area (Å²) < 4.78 is 7.45. The molecule has 3 atom stereocenters. The van der Waals surface area contributed by atoms with E-state index in [9.17, 15) is 19.8 Å². The fraction of sp³-hybridized carbons (Fsp3) is 0.471. The molecular formula is C34H44N6O6. The molecule has 46 heavy (non-hydrogen) atoms. The number of rotatable bonds is 15. The van der Waals surface area contributed by atoms with E-state index in [0.717, 1.165) is 29.1 Å². The van der Waals surface area contributed by atoms with Crippen LogP contribution in [0.1, 0.15) is 49.9 Å². The molecule has 5 rings (SSSR count). The van der Waals surface area contributed by atoms with Gasteiger partial charge in [0.15, 0.2) is 5.60 Å². The molecular weight excluding hydrogens is 588 g/mol. The van der Waals surface area contributed by atoms with Crippen LogP contribution in [0.3, 0.4) is 0 Å². The van der Waals surface area contributed by atoms with Gasteiger partial charge in [0, 0.05) is 56.6 Å². The molecule has 2 aliphatic rings. The van der Waals surface area contributed by atoms with Gasteiger partial charge in [0.25, 0.3) is 5.91 Å². The molecule has 3 heterocycles. The lowest BCUT2D eigenvalue weighted by atomic mass is 9.82. The van der Waals surface area contributed by atoms with Gasteiger partial charge in [-0.1, -0.05) is 24.3 Å². The van der Waals surface area contributed by atoms with Crippen LogP contribution >= 0.6 is 0 Å². The Kier molecular flexibility index (Phi) is 10.5. The number of aliphatic hydroxyl groups is 3. The van der Waals surface area contributed by atoms with Gasteiger partial charge < -0.3 is 30.3 Å². The van der Waals surface area contributed by atoms with Gasteiger partial charge in [-0.25, -0.2) is 0 Å². The fourth-order valence-corrected chi connectivity index (χ4v) is 6.23. The first-order valence-corrected chi connectivity index (χ1v) is 16.0. The number of anilines is 3. The number of hydrogen-bond donors (Lipinski definition) is 4. The van der Waals surface area contributed by atoms with Gasteiger partial charge in [-0.15, -0.1) is 5.10 Å². The second-order valence-electron chi connectivity index (χ2n) is 11.8. The number of aliphatic hydroxyl groups excluding tert-OH is 2. The zero-order valence-corrected chi connectivity index (χ0v) is 26.7. The van der Waals surface area contributed by atoms with Crippen LogP contribution in [0.25, 0.3) is 0 Å². The third-order valence-corrected chi connectivity index (χ3v) is 8.72. The first-order valence-electron chi connectivity index (χ1n) is 16.0. The molecule has 12 nitrogen and oxygen atoms in total. The quantitative estimate of drug-likeness (QED) is 0.146. The lowest BCUT2D eigenvalue weighted by Crippen LogP contribution is -2.49. The zero-order chi connectivity index (χ0) is 32.8. The second kappa shape index (κ2) is 14.5. The van der Waals surface area contributed by atoms with Gasteiger partial charge in [0.1, 0.15) is 5.75 Å². The highest BCUT2D eigenvalue weighted by molar-refractivity contribution is 6.10. The van der Waals surface area contributed by atoms with E-state index in [2.05, 4.69) is 15.6 Å². The van der Waals surface area contributed by atoms with E-state index in [-0.39, 0.29) is 19.1 Å². The van der Waals surface area contributed by atoms with Gasteiger partial charge in [-0.3, -0.25) is 19.2 Å². The van der Waals surface area contributed by atoms with Gasteiger partial charge >= 0.3 is 0 Å². The number of unbranched alkanes of at least 4 members (excludes halogenated alkanes) is 1. The molecule has 0 spiro atoms. The first kappa shape index (κ1) is 33.3. The lowest BCUT2D eigenvalue weighted by molar-refractivity contribution is -0.139. The molecule has 3 aromatic rings. The SMILES string of the molecule is CCOc1ccc2c(c1)CC(NCCCCO)C(=O)N2c1ccc2c(c1)[C@](O)([C@@H](C)/C=C/CCn1cc(CCO)nn1)C(=O)N2C. The van der Waals surface area contributed by atoms with Crippen molar-refractivity contribution in [3.63, 3.8) is 0 Å². The molecule has 0 saturated carbocycles. The van der Waals surface area contributed by atoms with E-state index in [0.29, 0.717) is 62.3 Å². The molecule has 0 saturated heterocycles. The molecule has 246 valence electrons. The van der Waals surface area contributed by atoms with Crippen LogP contribution in [0.2, 0.25) is 0 Å². The Hall–Kier alpha value is -4.10. The highest BCUT2D eigenvalue weighted by Gasteiger charge is 2.52. The normalized spacial score (nSPS) is 20.0. The van der Waals surface area contributed by atoms with Crippen LogP contribution in [0.15, 0.2) is 54.7 Å². The molecule has 0 bridgehead atoms. The number of hydrogen-bond acceptors (Lipinski definition) is 9. The number of aromatic nitrogens is 3. The van der Waals surface area contributed by atoms with Crippen molar-refractivity contribution in [1.29, 1.82) is 0 Å². The molecule has 0 radical (unpaired) electrons. The Morgan fingerprint density at radius 2 is 1.93 bits per heavy atom. The van der Waals surface area contributed by atoms with Crippen molar-refractivity contribution < 1.29 is 29.6 Å². The monoisotopic (exact) mass is 632 g/mol. The van der Waals surface area contributed by atoms with Crippen LogP contribution in [-0.4, -0.2) is 81.6 Å². The smallest absolute Gasteiger partial charge is 0.264 e. The van der Waals surface area contributed by atoms with E-state index >= 15 is 0 Å². The van der Waals surface area contributed by atoms with Gasteiger partial charge in [0.05, 0.1) is 29.7 Å². The third-order valence-electron chi connectivity index (χ3n) is 8.72. The number of carbonyl (C=O) groups excluding carboxylic acids is 2. The van der Waals surface area contributed by atoms with Gasteiger partial charge in [0.2, 0.25) is 5.91 Å². The summed E-state index contributed by atoms with van der Waals surface area (Å²) in [7, 11) is 1.65. The first-order chi connectivity index (χ1) is 22.2. The van der Waals surface area contributed by atoms with Crippen molar-refractivity contribution in [1.82, 2.24) is 20.3 Å². The number of nitrogens with zero attached hydrogens (tertiary/aromatic N) is 5. The molecule has 1 aromatic heterocycles. The van der Waals surface area contributed by atoms with Crippen molar-refractivity contribution in [2.24, 2.45) is 5.92 Å². The summed E-state index contributed by atoms with van der Waals surface area (Å²) in [6, 6.07) is 10.5. The number of likely N-dealkylation sites (N-methyl/N-ethyl adjacent to an activating group) is 1. The van der Waals surface area contributed by atoms with Crippen LogP contribution in [0.4, 0.5) is 17.1 Å². The number of aryl methyl sites for hydroxylation is 1. The standard InChI is InChI=1S/C34H44N6O6/c1-4-46-27-11-13-30-24(19-27)20-29(35-15-6-8-17-41)32(43)40(30)26-10-12-31-28(21-26)34(45,33(44)38(31)3)23(2)9-5-7-16-39-22-25(14-18-42)36-37-39/h5,9-13,19,21-23,29,35,41-42,45H,4,6-8,14-18,20H2,1-3H3/b9-5+/t23-,29?,34+/m0/s1. The number of fused-ring (bicyclic) bond motifs is 2. The maximum atomic E-state index is 14.0. The Labute approximate surface area is 269 Å². The Bertz CT molecular complexity index is 1570. The Morgan fingerprint density at radius 3 is 2.70 bits per heavy atom. The zero-order valence-electron chi connectivity index (χ0n) is 26.7. The Morgan fingerprint density at radius 1 is 1.13 bits per heavy atom. The predicted octanol–water partition coefficient (Wildman–Crippen LogP) is 2.61. The minimum absolute atomic E-state index is 0.0104. The van der Waals surface area contributed by atoms with Crippen molar-refractivity contribution in [3.05, 3.63) is 71.6 Å².